The second kappa shape index (κ2) is 4.71. The molecule has 0 amide bonds. The van der Waals surface area contributed by atoms with Crippen molar-refractivity contribution in [1.29, 1.82) is 0 Å². The number of halogens is 2. The van der Waals surface area contributed by atoms with E-state index in [-0.39, 0.29) is 11.9 Å². The van der Waals surface area contributed by atoms with E-state index in [0.29, 0.717) is 13.0 Å². The molecular weight excluding hydrogens is 196 g/mol. The van der Waals surface area contributed by atoms with Crippen LogP contribution in [-0.2, 0) is 6.54 Å². The van der Waals surface area contributed by atoms with E-state index in [1.54, 1.807) is 6.07 Å². The van der Waals surface area contributed by atoms with Crippen LogP contribution in [-0.4, -0.2) is 12.2 Å². The van der Waals surface area contributed by atoms with Crippen LogP contribution in [0, 0.1) is 5.82 Å². The Labute approximate surface area is 88.5 Å². The van der Waals surface area contributed by atoms with Gasteiger partial charge in [-0.3, -0.25) is 0 Å². The lowest BCUT2D eigenvalue weighted by Crippen LogP contribution is -2.32. The number of alkyl halides is 1. The molecule has 2 atom stereocenters. The van der Waals surface area contributed by atoms with E-state index >= 15 is 0 Å². The van der Waals surface area contributed by atoms with Gasteiger partial charge in [-0.05, 0) is 37.0 Å². The van der Waals surface area contributed by atoms with Crippen LogP contribution in [0.2, 0.25) is 0 Å². The summed E-state index contributed by atoms with van der Waals surface area (Å²) < 4.78 is 26.1. The smallest absolute Gasteiger partial charge is 0.123 e. The second-order valence-electron chi connectivity index (χ2n) is 4.06. The Bertz CT molecular complexity index is 327. The molecule has 0 spiro atoms. The summed E-state index contributed by atoms with van der Waals surface area (Å²) in [5, 5.41) is 3.13. The molecule has 1 aliphatic carbocycles. The zero-order chi connectivity index (χ0) is 10.7. The Morgan fingerprint density at radius 1 is 1.33 bits per heavy atom. The van der Waals surface area contributed by atoms with E-state index in [9.17, 15) is 8.78 Å². The summed E-state index contributed by atoms with van der Waals surface area (Å²) in [5.41, 5.74) is 0.870. The third kappa shape index (κ3) is 2.75. The number of hydrogen-bond donors (Lipinski definition) is 1. The van der Waals surface area contributed by atoms with Gasteiger partial charge in [0, 0.05) is 12.6 Å². The largest absolute Gasteiger partial charge is 0.307 e. The lowest BCUT2D eigenvalue weighted by molar-refractivity contribution is 0.279. The molecule has 0 aliphatic heterocycles. The molecule has 0 heterocycles. The number of hydrogen-bond acceptors (Lipinski definition) is 1. The minimum Gasteiger partial charge on any atom is -0.307 e. The molecule has 0 bridgehead atoms. The van der Waals surface area contributed by atoms with Crippen molar-refractivity contribution in [3.63, 3.8) is 0 Å². The second-order valence-corrected chi connectivity index (χ2v) is 4.06. The molecule has 1 aliphatic rings. The summed E-state index contributed by atoms with van der Waals surface area (Å²) in [6, 6.07) is 6.37. The third-order valence-corrected chi connectivity index (χ3v) is 2.89. The maximum Gasteiger partial charge on any atom is 0.123 e. The van der Waals surface area contributed by atoms with Crippen LogP contribution < -0.4 is 5.32 Å². The predicted octanol–water partition coefficient (Wildman–Crippen LogP) is 2.81. The highest BCUT2D eigenvalue weighted by Gasteiger charge is 2.25. The fraction of sp³-hybridized carbons (Fsp3) is 0.500. The van der Waals surface area contributed by atoms with Gasteiger partial charge < -0.3 is 5.32 Å². The molecule has 0 saturated heterocycles. The standard InChI is InChI=1S/C12H15F2N/c13-10-4-1-3-9(7-10)8-15-12-6-2-5-11(12)14/h1,3-4,7,11-12,15H,2,5-6,8H2/t11-,12-/m1/s1. The zero-order valence-electron chi connectivity index (χ0n) is 8.55. The van der Waals surface area contributed by atoms with Crippen molar-refractivity contribution in [3.8, 4) is 0 Å². The van der Waals surface area contributed by atoms with Gasteiger partial charge in [-0.25, -0.2) is 8.78 Å². The van der Waals surface area contributed by atoms with Crippen LogP contribution in [0.5, 0.6) is 0 Å². The van der Waals surface area contributed by atoms with Gasteiger partial charge >= 0.3 is 0 Å². The van der Waals surface area contributed by atoms with E-state index in [1.165, 1.54) is 12.1 Å². The highest BCUT2D eigenvalue weighted by atomic mass is 19.1. The number of benzene rings is 1. The van der Waals surface area contributed by atoms with Gasteiger partial charge in [0.25, 0.3) is 0 Å². The maximum absolute atomic E-state index is 13.2. The zero-order valence-corrected chi connectivity index (χ0v) is 8.55. The average molecular weight is 211 g/mol. The van der Waals surface area contributed by atoms with Crippen LogP contribution in [0.4, 0.5) is 8.78 Å². The summed E-state index contributed by atoms with van der Waals surface area (Å²) in [6.07, 6.45) is 1.75. The lowest BCUT2D eigenvalue weighted by atomic mass is 10.2. The van der Waals surface area contributed by atoms with Gasteiger partial charge in [-0.15, -0.1) is 0 Å². The Hall–Kier alpha value is -0.960. The third-order valence-electron chi connectivity index (χ3n) is 2.89. The lowest BCUT2D eigenvalue weighted by Gasteiger charge is -2.14. The van der Waals surface area contributed by atoms with Crippen molar-refractivity contribution in [2.75, 3.05) is 0 Å². The average Bonchev–Trinajstić information content (AvgIpc) is 2.61. The van der Waals surface area contributed by atoms with Crippen LogP contribution in [0.3, 0.4) is 0 Å². The normalized spacial score (nSPS) is 25.7. The van der Waals surface area contributed by atoms with Crippen molar-refractivity contribution in [2.24, 2.45) is 0 Å². The van der Waals surface area contributed by atoms with Crippen molar-refractivity contribution < 1.29 is 8.78 Å². The van der Waals surface area contributed by atoms with Gasteiger partial charge in [0.15, 0.2) is 0 Å². The summed E-state index contributed by atoms with van der Waals surface area (Å²) in [5.74, 6) is -0.238. The molecule has 0 unspecified atom stereocenters. The SMILES string of the molecule is Fc1cccc(CN[C@@H]2CCC[C@H]2F)c1. The Morgan fingerprint density at radius 3 is 2.87 bits per heavy atom. The quantitative estimate of drug-likeness (QED) is 0.810. The molecule has 82 valence electrons. The molecule has 1 aromatic rings. The maximum atomic E-state index is 13.2. The van der Waals surface area contributed by atoms with Crippen LogP contribution in [0.1, 0.15) is 24.8 Å². The predicted molar refractivity (Wildman–Crippen MR) is 55.8 cm³/mol. The van der Waals surface area contributed by atoms with Gasteiger partial charge in [0.05, 0.1) is 0 Å². The van der Waals surface area contributed by atoms with Crippen molar-refractivity contribution >= 4 is 0 Å². The summed E-state index contributed by atoms with van der Waals surface area (Å²) >= 11 is 0. The minimum atomic E-state index is -0.737. The highest BCUT2D eigenvalue weighted by molar-refractivity contribution is 5.16. The van der Waals surface area contributed by atoms with E-state index in [1.807, 2.05) is 6.07 Å². The minimum absolute atomic E-state index is 0.0479. The Balaban J connectivity index is 1.87. The van der Waals surface area contributed by atoms with Crippen LogP contribution >= 0.6 is 0 Å². The fourth-order valence-corrected chi connectivity index (χ4v) is 2.04. The van der Waals surface area contributed by atoms with Crippen LogP contribution in [0.25, 0.3) is 0 Å². The van der Waals surface area contributed by atoms with Crippen molar-refractivity contribution in [1.82, 2.24) is 5.32 Å². The molecule has 1 fully saturated rings. The number of nitrogens with one attached hydrogen (secondary N) is 1. The molecule has 1 nitrogen and oxygen atoms in total. The Morgan fingerprint density at radius 2 is 2.20 bits per heavy atom. The molecule has 0 radical (unpaired) electrons. The Kier molecular flexibility index (Phi) is 3.31. The first-order chi connectivity index (χ1) is 7.25. The van der Waals surface area contributed by atoms with Crippen molar-refractivity contribution in [3.05, 3.63) is 35.6 Å². The molecule has 1 aromatic carbocycles. The molecule has 2 rings (SSSR count). The van der Waals surface area contributed by atoms with Gasteiger partial charge in [-0.1, -0.05) is 12.1 Å². The van der Waals surface area contributed by atoms with Gasteiger partial charge in [-0.2, -0.15) is 0 Å². The molecule has 1 saturated carbocycles. The molecule has 15 heavy (non-hydrogen) atoms. The molecule has 3 heteroatoms. The van der Waals surface area contributed by atoms with Crippen molar-refractivity contribution in [2.45, 2.75) is 38.0 Å². The summed E-state index contributed by atoms with van der Waals surface area (Å²) in [6.45, 7) is 0.544. The van der Waals surface area contributed by atoms with Gasteiger partial charge in [0.2, 0.25) is 0 Å². The van der Waals surface area contributed by atoms with E-state index in [4.69, 9.17) is 0 Å². The first-order valence-corrected chi connectivity index (χ1v) is 5.37. The fourth-order valence-electron chi connectivity index (χ4n) is 2.04. The summed E-state index contributed by atoms with van der Waals surface area (Å²) in [4.78, 5) is 0. The first kappa shape index (κ1) is 10.6. The van der Waals surface area contributed by atoms with E-state index in [2.05, 4.69) is 5.32 Å². The molecular formula is C12H15F2N. The van der Waals surface area contributed by atoms with E-state index in [0.717, 1.165) is 18.4 Å². The van der Waals surface area contributed by atoms with Crippen LogP contribution in [0.15, 0.2) is 24.3 Å². The topological polar surface area (TPSA) is 12.0 Å². The molecule has 1 N–H and O–H groups in total. The van der Waals surface area contributed by atoms with E-state index < -0.39 is 6.17 Å². The van der Waals surface area contributed by atoms with Gasteiger partial charge in [0.1, 0.15) is 12.0 Å². The number of rotatable bonds is 3. The molecule has 0 aromatic heterocycles. The first-order valence-electron chi connectivity index (χ1n) is 5.37. The summed E-state index contributed by atoms with van der Waals surface area (Å²) in [7, 11) is 0. The monoisotopic (exact) mass is 211 g/mol. The highest BCUT2D eigenvalue weighted by Crippen LogP contribution is 2.22.